The fraction of sp³-hybridized carbons (Fsp3) is 0.0833. The van der Waals surface area contributed by atoms with Crippen LogP contribution in [0.3, 0.4) is 0 Å². The van der Waals surface area contributed by atoms with Crippen LogP contribution in [0.5, 0.6) is 0 Å². The Balaban J connectivity index is 1.19. The van der Waals surface area contributed by atoms with Crippen LogP contribution >= 0.6 is 0 Å². The van der Waals surface area contributed by atoms with E-state index in [4.69, 9.17) is 15.0 Å². The molecule has 3 aromatic carbocycles. The maximum absolute atomic E-state index is 5.21. The van der Waals surface area contributed by atoms with Crippen LogP contribution in [0, 0.1) is 0 Å². The molecule has 8 rings (SSSR count). The van der Waals surface area contributed by atoms with Crippen molar-refractivity contribution in [1.82, 2.24) is 14.4 Å². The second kappa shape index (κ2) is 9.28. The number of para-hydroxylation sites is 1. The molecule has 190 valence electrons. The van der Waals surface area contributed by atoms with Crippen molar-refractivity contribution < 1.29 is 0 Å². The minimum atomic E-state index is 0.254. The number of rotatable bonds is 3. The van der Waals surface area contributed by atoms with Gasteiger partial charge in [-0.25, -0.2) is 9.97 Å². The van der Waals surface area contributed by atoms with E-state index in [1.807, 2.05) is 18.2 Å². The highest BCUT2D eigenvalue weighted by Gasteiger charge is 2.31. The summed E-state index contributed by atoms with van der Waals surface area (Å²) in [5.41, 5.74) is 12.0. The quantitative estimate of drug-likeness (QED) is 0.237. The van der Waals surface area contributed by atoms with E-state index in [9.17, 15) is 0 Å². The molecule has 0 fully saturated rings. The van der Waals surface area contributed by atoms with Gasteiger partial charge >= 0.3 is 0 Å². The van der Waals surface area contributed by atoms with Gasteiger partial charge in [0, 0.05) is 46.1 Å². The van der Waals surface area contributed by atoms with Crippen LogP contribution in [0.1, 0.15) is 24.3 Å². The first-order valence-electron chi connectivity index (χ1n) is 13.8. The van der Waals surface area contributed by atoms with Gasteiger partial charge in [-0.2, -0.15) is 0 Å². The molecule has 40 heavy (non-hydrogen) atoms. The molecule has 1 aliphatic heterocycles. The number of hydrogen-bond acceptors (Lipinski definition) is 3. The lowest BCUT2D eigenvalue weighted by Gasteiger charge is -2.18. The summed E-state index contributed by atoms with van der Waals surface area (Å²) in [6, 6.07) is 31.8. The third-order valence-electron chi connectivity index (χ3n) is 8.01. The molecule has 0 amide bonds. The van der Waals surface area contributed by atoms with Crippen molar-refractivity contribution in [1.29, 1.82) is 0 Å². The van der Waals surface area contributed by atoms with Gasteiger partial charge in [-0.1, -0.05) is 91.0 Å². The molecule has 4 nitrogen and oxygen atoms in total. The molecular weight excluding hydrogens is 488 g/mol. The minimum absolute atomic E-state index is 0.254. The maximum atomic E-state index is 5.21. The minimum Gasteiger partial charge on any atom is -0.306 e. The molecule has 0 radical (unpaired) electrons. The summed E-state index contributed by atoms with van der Waals surface area (Å²) in [6.07, 6.45) is 14.9. The number of aliphatic imine (C=N–C) groups is 1. The Morgan fingerprint density at radius 2 is 1.55 bits per heavy atom. The maximum Gasteiger partial charge on any atom is 0.138 e. The summed E-state index contributed by atoms with van der Waals surface area (Å²) in [4.78, 5) is 15.2. The summed E-state index contributed by atoms with van der Waals surface area (Å²) in [5.74, 6) is 0.254. The highest BCUT2D eigenvalue weighted by atomic mass is 15.0. The van der Waals surface area contributed by atoms with Crippen molar-refractivity contribution in [3.8, 4) is 33.6 Å². The summed E-state index contributed by atoms with van der Waals surface area (Å²) >= 11 is 0. The number of pyridine rings is 2. The number of nitrogens with zero attached hydrogens (tertiary/aromatic N) is 4. The fourth-order valence-corrected chi connectivity index (χ4v) is 6.00. The Morgan fingerprint density at radius 3 is 2.45 bits per heavy atom. The SMILES string of the molecule is C1=CCCC2C(=Nc3c2c(-c2ccc(-c4ccn5cc(-c6ccccc6)nc5c4)cc2)nc2ccccc32)C=C1. The average molecular weight is 515 g/mol. The number of aromatic nitrogens is 3. The molecule has 0 bridgehead atoms. The van der Waals surface area contributed by atoms with Gasteiger partial charge in [0.1, 0.15) is 5.65 Å². The van der Waals surface area contributed by atoms with E-state index < -0.39 is 0 Å². The highest BCUT2D eigenvalue weighted by molar-refractivity contribution is 6.12. The Kier molecular flexibility index (Phi) is 5.30. The Labute approximate surface area is 232 Å². The van der Waals surface area contributed by atoms with E-state index >= 15 is 0 Å². The van der Waals surface area contributed by atoms with Crippen molar-refractivity contribution in [2.24, 2.45) is 4.99 Å². The monoisotopic (exact) mass is 514 g/mol. The van der Waals surface area contributed by atoms with Crippen molar-refractivity contribution in [2.75, 3.05) is 0 Å². The van der Waals surface area contributed by atoms with Crippen LogP contribution in [0.25, 0.3) is 50.2 Å². The van der Waals surface area contributed by atoms with Gasteiger partial charge in [0.15, 0.2) is 0 Å². The van der Waals surface area contributed by atoms with Crippen LogP contribution in [-0.4, -0.2) is 20.1 Å². The number of allylic oxidation sites excluding steroid dienone is 4. The third-order valence-corrected chi connectivity index (χ3v) is 8.01. The fourth-order valence-electron chi connectivity index (χ4n) is 6.00. The number of fused-ring (bicyclic) bond motifs is 6. The molecule has 0 saturated heterocycles. The smallest absolute Gasteiger partial charge is 0.138 e. The number of benzene rings is 3. The van der Waals surface area contributed by atoms with Crippen LogP contribution < -0.4 is 0 Å². The lowest BCUT2D eigenvalue weighted by Crippen LogP contribution is -2.08. The highest BCUT2D eigenvalue weighted by Crippen LogP contribution is 2.47. The van der Waals surface area contributed by atoms with Gasteiger partial charge in [0.05, 0.1) is 22.6 Å². The van der Waals surface area contributed by atoms with Gasteiger partial charge in [-0.15, -0.1) is 0 Å². The Morgan fingerprint density at radius 1 is 0.725 bits per heavy atom. The predicted molar refractivity (Wildman–Crippen MR) is 164 cm³/mol. The first kappa shape index (κ1) is 22.9. The van der Waals surface area contributed by atoms with Crippen LogP contribution in [0.15, 0.2) is 133 Å². The molecule has 4 heteroatoms. The average Bonchev–Trinajstić information content (AvgIpc) is 3.58. The summed E-state index contributed by atoms with van der Waals surface area (Å²) in [7, 11) is 0. The van der Waals surface area contributed by atoms with Crippen molar-refractivity contribution >= 4 is 27.9 Å². The zero-order chi connectivity index (χ0) is 26.5. The van der Waals surface area contributed by atoms with Crippen LogP contribution in [0.4, 0.5) is 5.69 Å². The van der Waals surface area contributed by atoms with Gasteiger partial charge < -0.3 is 4.40 Å². The summed E-state index contributed by atoms with van der Waals surface area (Å²) in [6.45, 7) is 0. The zero-order valence-corrected chi connectivity index (χ0v) is 21.9. The number of imidazole rings is 1. The van der Waals surface area contributed by atoms with E-state index in [1.54, 1.807) is 0 Å². The molecule has 3 aromatic heterocycles. The molecule has 6 aromatic rings. The predicted octanol–water partition coefficient (Wildman–Crippen LogP) is 8.96. The zero-order valence-electron chi connectivity index (χ0n) is 21.9. The summed E-state index contributed by atoms with van der Waals surface area (Å²) < 4.78 is 2.08. The van der Waals surface area contributed by atoms with Crippen molar-refractivity contribution in [2.45, 2.75) is 18.8 Å². The second-order valence-corrected chi connectivity index (χ2v) is 10.4. The van der Waals surface area contributed by atoms with E-state index in [2.05, 4.69) is 114 Å². The third kappa shape index (κ3) is 3.80. The Bertz CT molecular complexity index is 1990. The van der Waals surface area contributed by atoms with Gasteiger partial charge in [-0.05, 0) is 48.2 Å². The summed E-state index contributed by atoms with van der Waals surface area (Å²) in [5, 5.41) is 1.13. The molecular formula is C36H26N4. The van der Waals surface area contributed by atoms with E-state index in [0.29, 0.717) is 0 Å². The van der Waals surface area contributed by atoms with E-state index in [1.165, 1.54) is 5.56 Å². The Hall–Kier alpha value is -5.09. The van der Waals surface area contributed by atoms with Crippen LogP contribution in [0.2, 0.25) is 0 Å². The van der Waals surface area contributed by atoms with Gasteiger partial charge in [0.25, 0.3) is 0 Å². The van der Waals surface area contributed by atoms with E-state index in [-0.39, 0.29) is 5.92 Å². The van der Waals surface area contributed by atoms with Crippen molar-refractivity contribution in [3.63, 3.8) is 0 Å². The lowest BCUT2D eigenvalue weighted by atomic mass is 9.86. The molecule has 0 spiro atoms. The molecule has 1 atom stereocenters. The molecule has 1 unspecified atom stereocenters. The second-order valence-electron chi connectivity index (χ2n) is 10.4. The molecule has 1 aliphatic carbocycles. The first-order chi connectivity index (χ1) is 19.8. The first-order valence-corrected chi connectivity index (χ1v) is 13.8. The number of hydrogen-bond donors (Lipinski definition) is 0. The molecule has 0 N–H and O–H groups in total. The topological polar surface area (TPSA) is 42.5 Å². The normalized spacial score (nSPS) is 16.0. The largest absolute Gasteiger partial charge is 0.306 e. The van der Waals surface area contributed by atoms with Gasteiger partial charge in [0.2, 0.25) is 0 Å². The standard InChI is InChI=1S/C36H26N4/c1-2-7-14-30-28(12-6-1)34-35(38-31-15-9-8-13-29(31)36(34)39-30)26-18-16-24(17-19-26)27-20-21-40-23-32(37-33(40)22-27)25-10-4-3-5-11-25/h1-5,7-11,13-23,28H,6,12H2. The lowest BCUT2D eigenvalue weighted by molar-refractivity contribution is 0.795. The molecule has 2 aliphatic rings. The van der Waals surface area contributed by atoms with Crippen molar-refractivity contribution in [3.05, 3.63) is 133 Å². The molecule has 0 saturated carbocycles. The van der Waals surface area contributed by atoms with Crippen LogP contribution in [-0.2, 0) is 0 Å². The van der Waals surface area contributed by atoms with Gasteiger partial charge in [-0.3, -0.25) is 4.99 Å². The molecule has 4 heterocycles. The van der Waals surface area contributed by atoms with E-state index in [0.717, 1.165) is 74.4 Å².